The molecule has 0 fully saturated rings. The molecule has 0 spiro atoms. The van der Waals surface area contributed by atoms with Gasteiger partial charge in [-0.1, -0.05) is 12.1 Å². The average Bonchev–Trinajstić information content (AvgIpc) is 3.27. The zero-order chi connectivity index (χ0) is 23.9. The number of aromatic nitrogens is 2. The maximum Gasteiger partial charge on any atom is 0.238 e. The number of rotatable bonds is 6. The summed E-state index contributed by atoms with van der Waals surface area (Å²) in [4.78, 5) is 11.5. The summed E-state index contributed by atoms with van der Waals surface area (Å²) in [5, 5.41) is 8.34. The summed E-state index contributed by atoms with van der Waals surface area (Å²) in [5.74, 6) is 1.87. The van der Waals surface area contributed by atoms with E-state index < -0.39 is 10.0 Å². The number of nitrogens with zero attached hydrogens (tertiary/aromatic N) is 2. The number of methoxy groups -OCH3 is 2. The standard InChI is InChI=1S/C24H22N4O4S2/c1-31-18-7-4-8-19(32-2)22(18)21-12-17-20(33-21)10-9-14-13-26-24(28-23(14)17)27-15-5-3-6-16(11-15)34(25,29)30/h3-8,11-13H,9-10H2,1-2H3,(H2,25,29,30)(H,26,27,28). The fraction of sp³-hybridized carbons (Fsp3) is 0.167. The average molecular weight is 495 g/mol. The van der Waals surface area contributed by atoms with Gasteiger partial charge in [0, 0.05) is 27.2 Å². The van der Waals surface area contributed by atoms with E-state index in [9.17, 15) is 8.42 Å². The van der Waals surface area contributed by atoms with Gasteiger partial charge in [-0.05, 0) is 54.8 Å². The molecule has 0 amide bonds. The third-order valence-corrected chi connectivity index (χ3v) is 7.77. The molecule has 0 unspecified atom stereocenters. The van der Waals surface area contributed by atoms with E-state index in [1.807, 2.05) is 24.4 Å². The van der Waals surface area contributed by atoms with Crippen molar-refractivity contribution in [3.63, 3.8) is 0 Å². The fourth-order valence-electron chi connectivity index (χ4n) is 4.04. The zero-order valence-electron chi connectivity index (χ0n) is 18.5. The summed E-state index contributed by atoms with van der Waals surface area (Å²) >= 11 is 1.70. The number of sulfonamides is 1. The van der Waals surface area contributed by atoms with Gasteiger partial charge in [0.05, 0.1) is 30.4 Å². The molecule has 2 heterocycles. The Morgan fingerprint density at radius 2 is 1.76 bits per heavy atom. The van der Waals surface area contributed by atoms with Gasteiger partial charge in [-0.25, -0.2) is 23.5 Å². The molecule has 2 aromatic heterocycles. The molecule has 8 nitrogen and oxygen atoms in total. The van der Waals surface area contributed by atoms with Crippen molar-refractivity contribution in [2.45, 2.75) is 17.7 Å². The van der Waals surface area contributed by atoms with Crippen LogP contribution in [0.15, 0.2) is 59.6 Å². The quantitative estimate of drug-likeness (QED) is 0.409. The lowest BCUT2D eigenvalue weighted by Crippen LogP contribution is -2.12. The highest BCUT2D eigenvalue weighted by molar-refractivity contribution is 7.89. The van der Waals surface area contributed by atoms with Crippen molar-refractivity contribution < 1.29 is 17.9 Å². The Labute approximate surface area is 201 Å². The summed E-state index contributed by atoms with van der Waals surface area (Å²) in [6, 6.07) is 14.1. The Kier molecular flexibility index (Phi) is 5.72. The van der Waals surface area contributed by atoms with E-state index in [0.29, 0.717) is 11.6 Å². The van der Waals surface area contributed by atoms with Crippen molar-refractivity contribution in [3.05, 3.63) is 65.2 Å². The smallest absolute Gasteiger partial charge is 0.238 e. The number of fused-ring (bicyclic) bond motifs is 3. The first-order valence-corrected chi connectivity index (χ1v) is 12.8. The van der Waals surface area contributed by atoms with Crippen molar-refractivity contribution in [1.29, 1.82) is 0 Å². The van der Waals surface area contributed by atoms with Gasteiger partial charge >= 0.3 is 0 Å². The van der Waals surface area contributed by atoms with Crippen molar-refractivity contribution in [3.8, 4) is 33.2 Å². The molecule has 0 bridgehead atoms. The minimum atomic E-state index is -3.81. The summed E-state index contributed by atoms with van der Waals surface area (Å²) in [6.07, 6.45) is 3.56. The number of benzene rings is 2. The first-order valence-electron chi connectivity index (χ1n) is 10.5. The molecular weight excluding hydrogens is 472 g/mol. The molecule has 2 aromatic carbocycles. The van der Waals surface area contributed by atoms with Crippen molar-refractivity contribution >= 4 is 33.0 Å². The lowest BCUT2D eigenvalue weighted by atomic mass is 9.95. The second kappa shape index (κ2) is 8.71. The Balaban J connectivity index is 1.54. The zero-order valence-corrected chi connectivity index (χ0v) is 20.2. The van der Waals surface area contributed by atoms with E-state index >= 15 is 0 Å². The Morgan fingerprint density at radius 1 is 1.03 bits per heavy atom. The molecule has 0 saturated carbocycles. The highest BCUT2D eigenvalue weighted by Crippen LogP contribution is 2.47. The molecule has 1 aliphatic rings. The SMILES string of the molecule is COc1cccc(OC)c1-c1cc2c(s1)CCc1cnc(Nc3cccc(S(N)(=O)=O)c3)nc1-2. The van der Waals surface area contributed by atoms with Gasteiger partial charge in [-0.15, -0.1) is 11.3 Å². The molecule has 1 aliphatic carbocycles. The number of nitrogens with two attached hydrogens (primary N) is 1. The molecule has 0 atom stereocenters. The van der Waals surface area contributed by atoms with Crippen LogP contribution in [0.3, 0.4) is 0 Å². The number of nitrogens with one attached hydrogen (secondary N) is 1. The van der Waals surface area contributed by atoms with E-state index in [4.69, 9.17) is 19.6 Å². The van der Waals surface area contributed by atoms with E-state index in [1.165, 1.54) is 17.0 Å². The predicted molar refractivity (Wildman–Crippen MR) is 132 cm³/mol. The molecule has 5 rings (SSSR count). The molecule has 34 heavy (non-hydrogen) atoms. The first-order chi connectivity index (χ1) is 16.4. The number of aryl methyl sites for hydroxylation is 2. The van der Waals surface area contributed by atoms with Crippen LogP contribution in [0, 0.1) is 0 Å². The van der Waals surface area contributed by atoms with Crippen LogP contribution in [0.4, 0.5) is 11.6 Å². The van der Waals surface area contributed by atoms with Gasteiger partial charge in [0.15, 0.2) is 0 Å². The maximum atomic E-state index is 11.7. The normalized spacial score (nSPS) is 12.6. The number of primary sulfonamides is 1. The maximum absolute atomic E-state index is 11.7. The minimum Gasteiger partial charge on any atom is -0.496 e. The van der Waals surface area contributed by atoms with Crippen LogP contribution in [0.2, 0.25) is 0 Å². The summed E-state index contributed by atoms with van der Waals surface area (Å²) in [5.41, 5.74) is 4.43. The van der Waals surface area contributed by atoms with Crippen LogP contribution in [0.25, 0.3) is 21.7 Å². The highest BCUT2D eigenvalue weighted by Gasteiger charge is 2.24. The third-order valence-electron chi connectivity index (χ3n) is 5.64. The van der Waals surface area contributed by atoms with Gasteiger partial charge in [-0.3, -0.25) is 0 Å². The van der Waals surface area contributed by atoms with E-state index in [-0.39, 0.29) is 4.90 Å². The van der Waals surface area contributed by atoms with E-state index in [2.05, 4.69) is 16.4 Å². The summed E-state index contributed by atoms with van der Waals surface area (Å²) in [7, 11) is -0.507. The largest absolute Gasteiger partial charge is 0.496 e. The molecule has 0 saturated heterocycles. The van der Waals surface area contributed by atoms with Gasteiger partial charge in [0.25, 0.3) is 0 Å². The van der Waals surface area contributed by atoms with Crippen LogP contribution in [-0.2, 0) is 22.9 Å². The Hall–Kier alpha value is -3.47. The summed E-state index contributed by atoms with van der Waals surface area (Å²) in [6.45, 7) is 0. The van der Waals surface area contributed by atoms with Gasteiger partial charge in [-0.2, -0.15) is 0 Å². The van der Waals surface area contributed by atoms with Crippen LogP contribution in [0.1, 0.15) is 10.4 Å². The van der Waals surface area contributed by atoms with E-state index in [0.717, 1.165) is 51.6 Å². The van der Waals surface area contributed by atoms with Gasteiger partial charge in [0.1, 0.15) is 11.5 Å². The van der Waals surface area contributed by atoms with Crippen molar-refractivity contribution in [1.82, 2.24) is 9.97 Å². The lowest BCUT2D eigenvalue weighted by molar-refractivity contribution is 0.397. The summed E-state index contributed by atoms with van der Waals surface area (Å²) < 4.78 is 34.6. The molecule has 0 radical (unpaired) electrons. The van der Waals surface area contributed by atoms with E-state index in [1.54, 1.807) is 37.7 Å². The number of thiophene rings is 1. The Morgan fingerprint density at radius 3 is 2.47 bits per heavy atom. The topological polar surface area (TPSA) is 116 Å². The molecule has 174 valence electrons. The number of hydrogen-bond donors (Lipinski definition) is 2. The van der Waals surface area contributed by atoms with Crippen molar-refractivity contribution in [2.75, 3.05) is 19.5 Å². The Bertz CT molecular complexity index is 1480. The first kappa shape index (κ1) is 22.3. The third kappa shape index (κ3) is 4.11. The monoisotopic (exact) mass is 494 g/mol. The molecule has 4 aromatic rings. The molecule has 0 aliphatic heterocycles. The van der Waals surface area contributed by atoms with Gasteiger partial charge in [0.2, 0.25) is 16.0 Å². The number of ether oxygens (including phenoxy) is 2. The van der Waals surface area contributed by atoms with Crippen LogP contribution in [-0.4, -0.2) is 32.6 Å². The predicted octanol–water partition coefficient (Wildman–Crippen LogP) is 4.38. The van der Waals surface area contributed by atoms with Crippen LogP contribution in [0.5, 0.6) is 11.5 Å². The molecule has 10 heteroatoms. The lowest BCUT2D eigenvalue weighted by Gasteiger charge is -2.16. The highest BCUT2D eigenvalue weighted by atomic mass is 32.2. The van der Waals surface area contributed by atoms with Crippen LogP contribution >= 0.6 is 11.3 Å². The second-order valence-corrected chi connectivity index (χ2v) is 10.4. The molecule has 3 N–H and O–H groups in total. The number of hydrogen-bond acceptors (Lipinski definition) is 8. The second-order valence-electron chi connectivity index (χ2n) is 7.75. The minimum absolute atomic E-state index is 0.0194. The molecular formula is C24H22N4O4S2. The van der Waals surface area contributed by atoms with Crippen LogP contribution < -0.4 is 19.9 Å². The van der Waals surface area contributed by atoms with Gasteiger partial charge < -0.3 is 14.8 Å². The fourth-order valence-corrected chi connectivity index (χ4v) is 5.82. The van der Waals surface area contributed by atoms with Crippen molar-refractivity contribution in [2.24, 2.45) is 5.14 Å². The number of anilines is 2.